The van der Waals surface area contributed by atoms with Gasteiger partial charge in [-0.3, -0.25) is 0 Å². The molecule has 0 aliphatic rings. The van der Waals surface area contributed by atoms with Gasteiger partial charge in [-0.15, -0.1) is 0 Å². The Morgan fingerprint density at radius 2 is 2.33 bits per heavy atom. The molecule has 5 nitrogen and oxygen atoms in total. The van der Waals surface area contributed by atoms with E-state index in [-0.39, 0.29) is 0 Å². The summed E-state index contributed by atoms with van der Waals surface area (Å²) in [4.78, 5) is 7.34. The molecule has 0 amide bonds. The summed E-state index contributed by atoms with van der Waals surface area (Å²) < 4.78 is 8.69. The third kappa shape index (κ3) is 1.99. The van der Waals surface area contributed by atoms with Crippen molar-refractivity contribution in [2.45, 2.75) is 13.5 Å². The second-order valence-electron chi connectivity index (χ2n) is 3.91. The van der Waals surface area contributed by atoms with Crippen molar-refractivity contribution >= 4 is 39.2 Å². The number of hydrogen-bond acceptors (Lipinski definition) is 4. The van der Waals surface area contributed by atoms with Crippen molar-refractivity contribution in [3.8, 4) is 0 Å². The van der Waals surface area contributed by atoms with Gasteiger partial charge in [-0.05, 0) is 37.3 Å². The van der Waals surface area contributed by atoms with Crippen LogP contribution in [0.15, 0.2) is 27.2 Å². The molecule has 3 rings (SSSR count). The lowest BCUT2D eigenvalue weighted by Crippen LogP contribution is -1.99. The van der Waals surface area contributed by atoms with Crippen molar-refractivity contribution in [3.05, 3.63) is 39.2 Å². The third-order valence-corrected chi connectivity index (χ3v) is 3.41. The quantitative estimate of drug-likeness (QED) is 0.735. The largest absolute Gasteiger partial charge is 0.337 e. The van der Waals surface area contributed by atoms with E-state index in [4.69, 9.17) is 16.7 Å². The van der Waals surface area contributed by atoms with E-state index in [0.29, 0.717) is 23.0 Å². The Bertz CT molecular complexity index is 773. The second-order valence-corrected chi connectivity index (χ2v) is 5.22. The van der Waals surface area contributed by atoms with Crippen LogP contribution in [-0.4, -0.2) is 19.7 Å². The second kappa shape index (κ2) is 4.33. The van der Waals surface area contributed by atoms with Gasteiger partial charge in [0.1, 0.15) is 6.54 Å². The summed E-state index contributed by atoms with van der Waals surface area (Å²) in [5.41, 5.74) is 1.99. The number of aromatic amines is 1. The first-order valence-electron chi connectivity index (χ1n) is 5.31. The summed E-state index contributed by atoms with van der Waals surface area (Å²) in [6.45, 7) is 2.26. The molecule has 2 aromatic heterocycles. The van der Waals surface area contributed by atoms with Crippen LogP contribution >= 0.6 is 28.1 Å². The lowest BCUT2D eigenvalue weighted by atomic mass is 10.3. The zero-order valence-electron chi connectivity index (χ0n) is 9.48. The highest BCUT2D eigenvalue weighted by Crippen LogP contribution is 2.20. The van der Waals surface area contributed by atoms with E-state index < -0.39 is 0 Å². The summed E-state index contributed by atoms with van der Waals surface area (Å²) in [5, 5.41) is 3.77. The van der Waals surface area contributed by atoms with Gasteiger partial charge in [0, 0.05) is 4.47 Å². The summed E-state index contributed by atoms with van der Waals surface area (Å²) >= 11 is 8.74. The summed E-state index contributed by atoms with van der Waals surface area (Å²) in [6.07, 6.45) is 0. The fraction of sp³-hybridized carbons (Fsp3) is 0.182. The molecule has 0 fully saturated rings. The molecule has 2 heterocycles. The molecule has 1 aromatic carbocycles. The van der Waals surface area contributed by atoms with E-state index in [9.17, 15) is 0 Å². The van der Waals surface area contributed by atoms with Crippen LogP contribution in [0.5, 0.6) is 0 Å². The Morgan fingerprint density at radius 3 is 3.06 bits per heavy atom. The van der Waals surface area contributed by atoms with Gasteiger partial charge < -0.3 is 14.1 Å². The Kier molecular flexibility index (Phi) is 2.79. The molecule has 7 heteroatoms. The molecule has 0 spiro atoms. The van der Waals surface area contributed by atoms with E-state index in [2.05, 4.69) is 31.1 Å². The van der Waals surface area contributed by atoms with E-state index in [1.807, 2.05) is 22.8 Å². The van der Waals surface area contributed by atoms with Crippen LogP contribution in [-0.2, 0) is 6.54 Å². The summed E-state index contributed by atoms with van der Waals surface area (Å²) in [7, 11) is 0. The lowest BCUT2D eigenvalue weighted by molar-refractivity contribution is 0.368. The first-order chi connectivity index (χ1) is 8.63. The van der Waals surface area contributed by atoms with E-state index >= 15 is 0 Å². The fourth-order valence-electron chi connectivity index (χ4n) is 1.83. The maximum atomic E-state index is 5.30. The fourth-order valence-corrected chi connectivity index (χ4v) is 2.47. The number of rotatable bonds is 2. The normalized spacial score (nSPS) is 11.2. The number of hydrogen-bond donors (Lipinski definition) is 1. The predicted octanol–water partition coefficient (Wildman–Crippen LogP) is 3.20. The van der Waals surface area contributed by atoms with Gasteiger partial charge in [0.2, 0.25) is 5.89 Å². The topological polar surface area (TPSA) is 59.6 Å². The first kappa shape index (κ1) is 11.6. The Hall–Kier alpha value is -1.47. The van der Waals surface area contributed by atoms with Gasteiger partial charge in [0.25, 0.3) is 0 Å². The number of benzene rings is 1. The molecule has 0 unspecified atom stereocenters. The Balaban J connectivity index is 2.11. The van der Waals surface area contributed by atoms with Crippen molar-refractivity contribution < 1.29 is 4.52 Å². The zero-order valence-corrected chi connectivity index (χ0v) is 11.9. The molecule has 0 aliphatic heterocycles. The predicted molar refractivity (Wildman–Crippen MR) is 73.0 cm³/mol. The molecule has 0 bridgehead atoms. The Morgan fingerprint density at radius 1 is 1.50 bits per heavy atom. The maximum Gasteiger partial charge on any atom is 0.246 e. The van der Waals surface area contributed by atoms with Crippen molar-refractivity contribution in [2.24, 2.45) is 0 Å². The first-order valence-corrected chi connectivity index (χ1v) is 6.51. The highest BCUT2D eigenvalue weighted by atomic mass is 79.9. The van der Waals surface area contributed by atoms with Gasteiger partial charge >= 0.3 is 0 Å². The van der Waals surface area contributed by atoms with Crippen LogP contribution in [0.1, 0.15) is 11.7 Å². The minimum absolute atomic E-state index is 0.474. The van der Waals surface area contributed by atoms with Crippen molar-refractivity contribution in [3.63, 3.8) is 0 Å². The molecule has 1 N–H and O–H groups in total. The molecule has 18 heavy (non-hydrogen) atoms. The van der Waals surface area contributed by atoms with Crippen molar-refractivity contribution in [1.29, 1.82) is 0 Å². The molecule has 92 valence electrons. The van der Waals surface area contributed by atoms with Crippen LogP contribution in [0, 0.1) is 11.7 Å². The van der Waals surface area contributed by atoms with Gasteiger partial charge in [-0.25, -0.2) is 0 Å². The average Bonchev–Trinajstić information content (AvgIpc) is 2.84. The molecular weight excluding hydrogens is 316 g/mol. The van der Waals surface area contributed by atoms with Crippen LogP contribution in [0.2, 0.25) is 0 Å². The average molecular weight is 325 g/mol. The van der Waals surface area contributed by atoms with Gasteiger partial charge in [0.15, 0.2) is 10.6 Å². The number of halogens is 1. The van der Waals surface area contributed by atoms with Crippen LogP contribution < -0.4 is 0 Å². The summed E-state index contributed by atoms with van der Waals surface area (Å²) in [5.74, 6) is 1.17. The van der Waals surface area contributed by atoms with E-state index in [0.717, 1.165) is 15.5 Å². The molecule has 0 saturated carbocycles. The number of nitrogens with one attached hydrogen (secondary N) is 1. The van der Waals surface area contributed by atoms with Gasteiger partial charge in [-0.2, -0.15) is 4.98 Å². The van der Waals surface area contributed by atoms with Crippen molar-refractivity contribution in [2.75, 3.05) is 0 Å². The van der Waals surface area contributed by atoms with Crippen molar-refractivity contribution in [1.82, 2.24) is 19.7 Å². The maximum absolute atomic E-state index is 5.30. The molecule has 0 saturated heterocycles. The minimum atomic E-state index is 0.474. The molecule has 0 atom stereocenters. The van der Waals surface area contributed by atoms with Crippen LogP contribution in [0.3, 0.4) is 0 Å². The standard InChI is InChI=1S/C11H9BrN4OS/c1-6-13-10(17-15-6)5-16-9-3-2-7(12)4-8(9)14-11(16)18/h2-4H,5H2,1H3,(H,14,18). The third-order valence-electron chi connectivity index (χ3n) is 2.60. The molecule has 0 aliphatic carbocycles. The van der Waals surface area contributed by atoms with Gasteiger partial charge in [-0.1, -0.05) is 21.1 Å². The molecular formula is C11H9BrN4OS. The number of fused-ring (bicyclic) bond motifs is 1. The van der Waals surface area contributed by atoms with E-state index in [1.54, 1.807) is 6.92 Å². The minimum Gasteiger partial charge on any atom is -0.337 e. The lowest BCUT2D eigenvalue weighted by Gasteiger charge is -2.00. The zero-order chi connectivity index (χ0) is 12.7. The van der Waals surface area contributed by atoms with Gasteiger partial charge in [0.05, 0.1) is 11.0 Å². The Labute approximate surface area is 116 Å². The number of aromatic nitrogens is 4. The number of H-pyrrole nitrogens is 1. The number of nitrogens with zero attached hydrogens (tertiary/aromatic N) is 3. The number of aryl methyl sites for hydroxylation is 1. The SMILES string of the molecule is Cc1noc(Cn2c(=S)[nH]c3cc(Br)ccc32)n1. The summed E-state index contributed by atoms with van der Waals surface area (Å²) in [6, 6.07) is 5.95. The van der Waals surface area contributed by atoms with E-state index in [1.165, 1.54) is 0 Å². The highest BCUT2D eigenvalue weighted by Gasteiger charge is 2.09. The monoisotopic (exact) mass is 324 g/mol. The highest BCUT2D eigenvalue weighted by molar-refractivity contribution is 9.10. The van der Waals surface area contributed by atoms with Crippen LogP contribution in [0.25, 0.3) is 11.0 Å². The molecule has 3 aromatic rings. The molecule has 0 radical (unpaired) electrons. The smallest absolute Gasteiger partial charge is 0.246 e. The number of imidazole rings is 1. The van der Waals surface area contributed by atoms with Crippen LogP contribution in [0.4, 0.5) is 0 Å².